The number of rotatable bonds is 3. The molecule has 2 rings (SSSR count). The molecule has 0 saturated carbocycles. The van der Waals surface area contributed by atoms with E-state index in [1.54, 1.807) is 0 Å². The zero-order chi connectivity index (χ0) is 10.8. The number of nitrogens with one attached hydrogen (secondary N) is 1. The molecule has 0 aromatic carbocycles. The Morgan fingerprint density at radius 1 is 1.60 bits per heavy atom. The van der Waals surface area contributed by atoms with Crippen LogP contribution in [0.4, 0.5) is 0 Å². The van der Waals surface area contributed by atoms with Gasteiger partial charge >= 0.3 is 0 Å². The molecule has 1 fully saturated rings. The van der Waals surface area contributed by atoms with Gasteiger partial charge in [-0.1, -0.05) is 13.8 Å². The van der Waals surface area contributed by atoms with E-state index in [2.05, 4.69) is 40.9 Å². The highest BCUT2D eigenvalue weighted by Gasteiger charge is 2.28. The van der Waals surface area contributed by atoms with Gasteiger partial charge in [-0.2, -0.15) is 0 Å². The van der Waals surface area contributed by atoms with Crippen LogP contribution >= 0.6 is 0 Å². The lowest BCUT2D eigenvalue weighted by molar-refractivity contribution is 0.473. The molecule has 84 valence electrons. The molecule has 0 radical (unpaired) electrons. The largest absolute Gasteiger partial charge is 0.317 e. The van der Waals surface area contributed by atoms with Crippen LogP contribution < -0.4 is 5.32 Å². The van der Waals surface area contributed by atoms with E-state index in [9.17, 15) is 0 Å². The Hall–Kier alpha value is -0.900. The van der Waals surface area contributed by atoms with Crippen molar-refractivity contribution < 1.29 is 0 Å². The fraction of sp³-hybridized carbons (Fsp3) is 0.818. The minimum atomic E-state index is 0.528. The summed E-state index contributed by atoms with van der Waals surface area (Å²) in [5, 5.41) is 11.8. The van der Waals surface area contributed by atoms with E-state index in [1.807, 2.05) is 6.33 Å². The maximum absolute atomic E-state index is 4.27. The van der Waals surface area contributed by atoms with Gasteiger partial charge in [0.05, 0.1) is 0 Å². The van der Waals surface area contributed by atoms with Crippen LogP contribution in [0.15, 0.2) is 6.33 Å². The molecule has 1 aromatic heterocycles. The molecule has 1 aliphatic heterocycles. The van der Waals surface area contributed by atoms with Crippen LogP contribution in [0, 0.1) is 5.92 Å². The van der Waals surface area contributed by atoms with E-state index in [0.29, 0.717) is 17.9 Å². The summed E-state index contributed by atoms with van der Waals surface area (Å²) in [6, 6.07) is 0.528. The lowest BCUT2D eigenvalue weighted by Gasteiger charge is -2.16. The molecule has 2 atom stereocenters. The fourth-order valence-electron chi connectivity index (χ4n) is 2.30. The van der Waals surface area contributed by atoms with Gasteiger partial charge in [0.1, 0.15) is 12.2 Å². The quantitative estimate of drug-likeness (QED) is 0.816. The molecule has 1 saturated heterocycles. The third kappa shape index (κ3) is 2.20. The molecular weight excluding hydrogens is 188 g/mol. The summed E-state index contributed by atoms with van der Waals surface area (Å²) < 4.78 is 2.21. The van der Waals surface area contributed by atoms with E-state index in [4.69, 9.17) is 0 Å². The Morgan fingerprint density at radius 3 is 3.00 bits per heavy atom. The van der Waals surface area contributed by atoms with Crippen molar-refractivity contribution in [1.29, 1.82) is 0 Å². The summed E-state index contributed by atoms with van der Waals surface area (Å²) in [5.74, 6) is 2.33. The molecule has 15 heavy (non-hydrogen) atoms. The van der Waals surface area contributed by atoms with E-state index >= 15 is 0 Å². The van der Waals surface area contributed by atoms with Crippen molar-refractivity contribution in [3.63, 3.8) is 0 Å². The first-order valence-corrected chi connectivity index (χ1v) is 5.79. The van der Waals surface area contributed by atoms with Crippen molar-refractivity contribution in [3.05, 3.63) is 12.2 Å². The average molecular weight is 208 g/mol. The number of aromatic nitrogens is 3. The SMILES string of the molecule is CC(C)Cn1cnnc1C1CCNC1C. The molecule has 1 aliphatic rings. The molecule has 0 bridgehead atoms. The maximum atomic E-state index is 4.27. The zero-order valence-electron chi connectivity index (χ0n) is 9.77. The zero-order valence-corrected chi connectivity index (χ0v) is 9.77. The van der Waals surface area contributed by atoms with Crippen LogP contribution in [-0.2, 0) is 6.54 Å². The normalized spacial score (nSPS) is 26.4. The number of nitrogens with zero attached hydrogens (tertiary/aromatic N) is 3. The Kier molecular flexibility index (Phi) is 3.05. The molecule has 4 heteroatoms. The monoisotopic (exact) mass is 208 g/mol. The maximum Gasteiger partial charge on any atom is 0.137 e. The molecule has 2 unspecified atom stereocenters. The Balaban J connectivity index is 2.16. The molecule has 1 aromatic rings. The molecule has 0 spiro atoms. The van der Waals surface area contributed by atoms with Crippen molar-refractivity contribution in [3.8, 4) is 0 Å². The lowest BCUT2D eigenvalue weighted by Crippen LogP contribution is -2.24. The molecule has 4 nitrogen and oxygen atoms in total. The van der Waals surface area contributed by atoms with Gasteiger partial charge in [-0.15, -0.1) is 10.2 Å². The van der Waals surface area contributed by atoms with E-state index in [1.165, 1.54) is 6.42 Å². The average Bonchev–Trinajstić information content (AvgIpc) is 2.73. The summed E-state index contributed by atoms with van der Waals surface area (Å²) in [5.41, 5.74) is 0. The second-order valence-corrected chi connectivity index (χ2v) is 4.87. The minimum absolute atomic E-state index is 0.528. The Morgan fingerprint density at radius 2 is 2.40 bits per heavy atom. The topological polar surface area (TPSA) is 42.7 Å². The first kappa shape index (κ1) is 10.6. The fourth-order valence-corrected chi connectivity index (χ4v) is 2.30. The van der Waals surface area contributed by atoms with E-state index in [-0.39, 0.29) is 0 Å². The van der Waals surface area contributed by atoms with Gasteiger partial charge in [-0.05, 0) is 25.8 Å². The second-order valence-electron chi connectivity index (χ2n) is 4.87. The molecular formula is C11H20N4. The van der Waals surface area contributed by atoms with Crippen LogP contribution in [0.3, 0.4) is 0 Å². The molecule has 1 N–H and O–H groups in total. The van der Waals surface area contributed by atoms with Crippen molar-refractivity contribution in [1.82, 2.24) is 20.1 Å². The third-order valence-corrected chi connectivity index (χ3v) is 3.06. The van der Waals surface area contributed by atoms with Crippen LogP contribution in [0.2, 0.25) is 0 Å². The minimum Gasteiger partial charge on any atom is -0.317 e. The number of hydrogen-bond acceptors (Lipinski definition) is 3. The van der Waals surface area contributed by atoms with Crippen LogP contribution in [0.5, 0.6) is 0 Å². The van der Waals surface area contributed by atoms with Gasteiger partial charge in [0.25, 0.3) is 0 Å². The standard InChI is InChI=1S/C11H20N4/c1-8(2)6-15-7-13-14-11(15)10-4-5-12-9(10)3/h7-10,12H,4-6H2,1-3H3. The van der Waals surface area contributed by atoms with E-state index < -0.39 is 0 Å². The predicted molar refractivity (Wildman–Crippen MR) is 59.7 cm³/mol. The summed E-state index contributed by atoms with van der Waals surface area (Å²) in [6.07, 6.45) is 3.04. The van der Waals surface area contributed by atoms with Gasteiger partial charge in [0.15, 0.2) is 0 Å². The van der Waals surface area contributed by atoms with Gasteiger partial charge in [0.2, 0.25) is 0 Å². The van der Waals surface area contributed by atoms with Crippen molar-refractivity contribution in [2.45, 2.75) is 45.7 Å². The van der Waals surface area contributed by atoms with Gasteiger partial charge in [-0.3, -0.25) is 0 Å². The third-order valence-electron chi connectivity index (χ3n) is 3.06. The van der Waals surface area contributed by atoms with Gasteiger partial charge < -0.3 is 9.88 Å². The summed E-state index contributed by atoms with van der Waals surface area (Å²) in [4.78, 5) is 0. The predicted octanol–water partition coefficient (Wildman–Crippen LogP) is 1.40. The van der Waals surface area contributed by atoms with Crippen molar-refractivity contribution in [2.24, 2.45) is 5.92 Å². The van der Waals surface area contributed by atoms with Gasteiger partial charge in [-0.25, -0.2) is 0 Å². The first-order chi connectivity index (χ1) is 7.18. The first-order valence-electron chi connectivity index (χ1n) is 5.79. The summed E-state index contributed by atoms with van der Waals surface area (Å²) >= 11 is 0. The van der Waals surface area contributed by atoms with Gasteiger partial charge in [0, 0.05) is 18.5 Å². The highest BCUT2D eigenvalue weighted by molar-refractivity contribution is 5.04. The summed E-state index contributed by atoms with van der Waals surface area (Å²) in [6.45, 7) is 8.79. The van der Waals surface area contributed by atoms with Crippen LogP contribution in [-0.4, -0.2) is 27.4 Å². The highest BCUT2D eigenvalue weighted by Crippen LogP contribution is 2.25. The lowest BCUT2D eigenvalue weighted by atomic mass is 10.0. The highest BCUT2D eigenvalue weighted by atomic mass is 15.3. The summed E-state index contributed by atoms with van der Waals surface area (Å²) in [7, 11) is 0. The molecule has 2 heterocycles. The van der Waals surface area contributed by atoms with Crippen LogP contribution in [0.1, 0.15) is 38.9 Å². The second kappa shape index (κ2) is 4.31. The Labute approximate surface area is 91.1 Å². The smallest absolute Gasteiger partial charge is 0.137 e. The molecule has 0 aliphatic carbocycles. The van der Waals surface area contributed by atoms with E-state index in [0.717, 1.165) is 18.9 Å². The number of hydrogen-bond donors (Lipinski definition) is 1. The molecule has 0 amide bonds. The Bertz CT molecular complexity index is 318. The van der Waals surface area contributed by atoms with Crippen molar-refractivity contribution >= 4 is 0 Å². The van der Waals surface area contributed by atoms with Crippen LogP contribution in [0.25, 0.3) is 0 Å². The van der Waals surface area contributed by atoms with Crippen molar-refractivity contribution in [2.75, 3.05) is 6.54 Å².